The van der Waals surface area contributed by atoms with Gasteiger partial charge in [0.25, 0.3) is 5.91 Å². The van der Waals surface area contributed by atoms with Gasteiger partial charge in [0.1, 0.15) is 0 Å². The molecule has 0 unspecified atom stereocenters. The zero-order valence-corrected chi connectivity index (χ0v) is 15.3. The van der Waals surface area contributed by atoms with E-state index in [0.717, 1.165) is 11.3 Å². The van der Waals surface area contributed by atoms with Crippen molar-refractivity contribution in [1.82, 2.24) is 5.32 Å². The highest BCUT2D eigenvalue weighted by atomic mass is 32.2. The fourth-order valence-corrected chi connectivity index (χ4v) is 3.17. The maximum absolute atomic E-state index is 12.3. The molecule has 0 aromatic heterocycles. The molecule has 1 amide bonds. The van der Waals surface area contributed by atoms with Crippen LogP contribution in [-0.2, 0) is 10.5 Å². The Balaban J connectivity index is 1.90. The van der Waals surface area contributed by atoms with Gasteiger partial charge in [-0.3, -0.25) is 9.59 Å². The number of amides is 1. The first-order valence-electron chi connectivity index (χ1n) is 8.17. The molecule has 0 fully saturated rings. The number of thioether (sulfide) groups is 1. The standard InChI is InChI=1S/C20H23NO3S/c1-20(2,13-12-18(22)23)21-19(24)16-10-8-15(9-11-16)14-25-17-6-4-3-5-7-17/h3-11H,12-14H2,1-2H3,(H,21,24)(H,22,23). The van der Waals surface area contributed by atoms with Crippen molar-refractivity contribution < 1.29 is 14.7 Å². The van der Waals surface area contributed by atoms with Crippen LogP contribution in [0.25, 0.3) is 0 Å². The Bertz CT molecular complexity index is 711. The second-order valence-electron chi connectivity index (χ2n) is 6.53. The van der Waals surface area contributed by atoms with Crippen LogP contribution in [0.5, 0.6) is 0 Å². The van der Waals surface area contributed by atoms with Crippen molar-refractivity contribution in [3.8, 4) is 0 Å². The van der Waals surface area contributed by atoms with Gasteiger partial charge in [0.2, 0.25) is 0 Å². The third-order valence-electron chi connectivity index (χ3n) is 3.78. The van der Waals surface area contributed by atoms with Crippen molar-refractivity contribution in [2.24, 2.45) is 0 Å². The molecule has 0 aliphatic carbocycles. The van der Waals surface area contributed by atoms with E-state index in [9.17, 15) is 9.59 Å². The van der Waals surface area contributed by atoms with Gasteiger partial charge in [-0.2, -0.15) is 0 Å². The molecule has 0 heterocycles. The van der Waals surface area contributed by atoms with Crippen molar-refractivity contribution in [3.63, 3.8) is 0 Å². The van der Waals surface area contributed by atoms with Gasteiger partial charge in [-0.15, -0.1) is 11.8 Å². The normalized spacial score (nSPS) is 11.1. The van der Waals surface area contributed by atoms with Crippen LogP contribution < -0.4 is 5.32 Å². The second-order valence-corrected chi connectivity index (χ2v) is 7.58. The Hall–Kier alpha value is -2.27. The molecule has 0 aliphatic heterocycles. The molecule has 0 saturated carbocycles. The van der Waals surface area contributed by atoms with Crippen LogP contribution >= 0.6 is 11.8 Å². The molecule has 0 atom stereocenters. The highest BCUT2D eigenvalue weighted by Crippen LogP contribution is 2.22. The van der Waals surface area contributed by atoms with Gasteiger partial charge in [0.15, 0.2) is 0 Å². The smallest absolute Gasteiger partial charge is 0.303 e. The van der Waals surface area contributed by atoms with Crippen LogP contribution in [0.3, 0.4) is 0 Å². The minimum Gasteiger partial charge on any atom is -0.481 e. The van der Waals surface area contributed by atoms with Crippen LogP contribution in [0.2, 0.25) is 0 Å². The zero-order chi connectivity index (χ0) is 18.3. The minimum absolute atomic E-state index is 0.0307. The van der Waals surface area contributed by atoms with Crippen molar-refractivity contribution >= 4 is 23.6 Å². The van der Waals surface area contributed by atoms with E-state index in [-0.39, 0.29) is 12.3 Å². The molecular weight excluding hydrogens is 334 g/mol. The predicted octanol–water partition coefficient (Wildman–Crippen LogP) is 4.35. The Morgan fingerprint density at radius 2 is 1.68 bits per heavy atom. The van der Waals surface area contributed by atoms with Crippen molar-refractivity contribution in [3.05, 3.63) is 65.7 Å². The summed E-state index contributed by atoms with van der Waals surface area (Å²) < 4.78 is 0. The van der Waals surface area contributed by atoms with Gasteiger partial charge in [-0.1, -0.05) is 30.3 Å². The molecule has 2 aromatic carbocycles. The number of carbonyl (C=O) groups excluding carboxylic acids is 1. The molecule has 2 aromatic rings. The minimum atomic E-state index is -0.859. The largest absolute Gasteiger partial charge is 0.481 e. The maximum Gasteiger partial charge on any atom is 0.303 e. The average Bonchev–Trinajstić information content (AvgIpc) is 2.59. The average molecular weight is 357 g/mol. The van der Waals surface area contributed by atoms with Gasteiger partial charge in [-0.05, 0) is 50.1 Å². The first-order valence-corrected chi connectivity index (χ1v) is 9.15. The van der Waals surface area contributed by atoms with Crippen LogP contribution in [0, 0.1) is 0 Å². The number of hydrogen-bond donors (Lipinski definition) is 2. The summed E-state index contributed by atoms with van der Waals surface area (Å²) in [6.45, 7) is 3.66. The fourth-order valence-electron chi connectivity index (χ4n) is 2.30. The first-order chi connectivity index (χ1) is 11.9. The molecular formula is C20H23NO3S. The fraction of sp³-hybridized carbons (Fsp3) is 0.300. The highest BCUT2D eigenvalue weighted by molar-refractivity contribution is 7.98. The number of carboxylic acid groups (broad SMARTS) is 1. The summed E-state index contributed by atoms with van der Waals surface area (Å²) in [6.07, 6.45) is 0.419. The molecule has 2 N–H and O–H groups in total. The molecule has 0 spiro atoms. The van der Waals surface area contributed by atoms with Crippen molar-refractivity contribution in [2.45, 2.75) is 42.9 Å². The van der Waals surface area contributed by atoms with Gasteiger partial charge in [0.05, 0.1) is 0 Å². The first kappa shape index (κ1) is 19.1. The molecule has 132 valence electrons. The summed E-state index contributed by atoms with van der Waals surface area (Å²) in [7, 11) is 0. The van der Waals surface area contributed by atoms with E-state index in [1.165, 1.54) is 4.90 Å². The molecule has 0 saturated heterocycles. The number of hydrogen-bond acceptors (Lipinski definition) is 3. The zero-order valence-electron chi connectivity index (χ0n) is 14.5. The van der Waals surface area contributed by atoms with Crippen LogP contribution in [0.1, 0.15) is 42.6 Å². The SMILES string of the molecule is CC(C)(CCC(=O)O)NC(=O)c1ccc(CSc2ccccc2)cc1. The van der Waals surface area contributed by atoms with E-state index in [0.29, 0.717) is 12.0 Å². The summed E-state index contributed by atoms with van der Waals surface area (Å²) in [4.78, 5) is 24.2. The lowest BCUT2D eigenvalue weighted by molar-refractivity contribution is -0.137. The van der Waals surface area contributed by atoms with Gasteiger partial charge >= 0.3 is 5.97 Å². The van der Waals surface area contributed by atoms with Gasteiger partial charge in [-0.25, -0.2) is 0 Å². The summed E-state index contributed by atoms with van der Waals surface area (Å²) in [5.74, 6) is -0.198. The number of aliphatic carboxylic acids is 1. The van der Waals surface area contributed by atoms with Crippen LogP contribution in [0.4, 0.5) is 0 Å². The van der Waals surface area contributed by atoms with Crippen LogP contribution in [0.15, 0.2) is 59.5 Å². The van der Waals surface area contributed by atoms with Gasteiger partial charge in [0, 0.05) is 28.2 Å². The Morgan fingerprint density at radius 1 is 1.04 bits per heavy atom. The Kier molecular flexibility index (Phi) is 6.65. The Morgan fingerprint density at radius 3 is 2.28 bits per heavy atom. The number of carboxylic acids is 1. The summed E-state index contributed by atoms with van der Waals surface area (Å²) in [5.41, 5.74) is 1.17. The van der Waals surface area contributed by atoms with E-state index >= 15 is 0 Å². The summed E-state index contributed by atoms with van der Waals surface area (Å²) in [6, 6.07) is 17.7. The van der Waals surface area contributed by atoms with E-state index in [2.05, 4.69) is 17.4 Å². The number of rotatable bonds is 8. The van der Waals surface area contributed by atoms with Gasteiger partial charge < -0.3 is 10.4 Å². The lowest BCUT2D eigenvalue weighted by atomic mass is 9.97. The molecule has 0 bridgehead atoms. The number of nitrogens with one attached hydrogen (secondary N) is 1. The second kappa shape index (κ2) is 8.72. The molecule has 0 radical (unpaired) electrons. The summed E-state index contributed by atoms with van der Waals surface area (Å²) >= 11 is 1.75. The lowest BCUT2D eigenvalue weighted by Gasteiger charge is -2.25. The third-order valence-corrected chi connectivity index (χ3v) is 4.86. The molecule has 5 heteroatoms. The lowest BCUT2D eigenvalue weighted by Crippen LogP contribution is -2.43. The molecule has 0 aliphatic rings. The van der Waals surface area contributed by atoms with E-state index < -0.39 is 11.5 Å². The molecule has 25 heavy (non-hydrogen) atoms. The van der Waals surface area contributed by atoms with E-state index in [4.69, 9.17) is 5.11 Å². The van der Waals surface area contributed by atoms with E-state index in [1.54, 1.807) is 11.8 Å². The Labute approximate surface area is 152 Å². The van der Waals surface area contributed by atoms with Crippen LogP contribution in [-0.4, -0.2) is 22.5 Å². The highest BCUT2D eigenvalue weighted by Gasteiger charge is 2.22. The van der Waals surface area contributed by atoms with Crippen molar-refractivity contribution in [1.29, 1.82) is 0 Å². The predicted molar refractivity (Wildman–Crippen MR) is 101 cm³/mol. The molecule has 2 rings (SSSR count). The monoisotopic (exact) mass is 357 g/mol. The third kappa shape index (κ3) is 6.63. The number of carbonyl (C=O) groups is 2. The number of benzene rings is 2. The topological polar surface area (TPSA) is 66.4 Å². The van der Waals surface area contributed by atoms with E-state index in [1.807, 2.05) is 56.3 Å². The summed E-state index contributed by atoms with van der Waals surface area (Å²) in [5, 5.41) is 11.7. The van der Waals surface area contributed by atoms with Crippen molar-refractivity contribution in [2.75, 3.05) is 0 Å². The maximum atomic E-state index is 12.3. The quantitative estimate of drug-likeness (QED) is 0.689. The molecule has 4 nitrogen and oxygen atoms in total.